The summed E-state index contributed by atoms with van der Waals surface area (Å²) in [4.78, 5) is 0. The molecule has 0 amide bonds. The predicted molar refractivity (Wildman–Crippen MR) is 61.3 cm³/mol. The van der Waals surface area contributed by atoms with Gasteiger partial charge in [-0.25, -0.2) is 0 Å². The molecule has 82 valence electrons. The summed E-state index contributed by atoms with van der Waals surface area (Å²) in [7, 11) is 0. The first-order chi connectivity index (χ1) is 6.93. The van der Waals surface area contributed by atoms with Gasteiger partial charge < -0.3 is 4.74 Å². The lowest BCUT2D eigenvalue weighted by Crippen LogP contribution is -1.92. The Morgan fingerprint density at radius 2 is 1.64 bits per heavy atom. The molecule has 0 bridgehead atoms. The lowest BCUT2D eigenvalue weighted by atomic mass is 10.1. The Bertz CT molecular complexity index is 161. The number of allylic oxidation sites excluding steroid dienone is 2. The molecule has 0 saturated carbocycles. The third-order valence-electron chi connectivity index (χ3n) is 2.83. The minimum atomic E-state index is 0.825. The quantitative estimate of drug-likeness (QED) is 0.634. The van der Waals surface area contributed by atoms with Gasteiger partial charge in [-0.1, -0.05) is 32.1 Å². The number of rotatable bonds is 2. The fourth-order valence-corrected chi connectivity index (χ4v) is 2.01. The van der Waals surface area contributed by atoms with Gasteiger partial charge in [-0.05, 0) is 32.3 Å². The van der Waals surface area contributed by atoms with Gasteiger partial charge in [0.25, 0.3) is 0 Å². The Morgan fingerprint density at radius 3 is 2.36 bits per heavy atom. The molecule has 0 radical (unpaired) electrons. The second kappa shape index (κ2) is 7.90. The first-order valence-electron chi connectivity index (χ1n) is 6.25. The van der Waals surface area contributed by atoms with Gasteiger partial charge in [0, 0.05) is 6.42 Å². The molecule has 1 nitrogen and oxygen atoms in total. The molecule has 0 heterocycles. The predicted octanol–water partition coefficient (Wildman–Crippen LogP) is 4.43. The van der Waals surface area contributed by atoms with Crippen LogP contribution in [-0.2, 0) is 4.74 Å². The van der Waals surface area contributed by atoms with Crippen molar-refractivity contribution in [1.82, 2.24) is 0 Å². The maximum Gasteiger partial charge on any atom is 0.0919 e. The molecule has 0 unspecified atom stereocenters. The summed E-state index contributed by atoms with van der Waals surface area (Å²) in [6.45, 7) is 2.90. The standard InChI is InChI=1S/C13H24O/c1-2-14-13-11-9-7-5-3-4-6-8-10-12-13/h11H,2-10,12H2,1H3/b13-11+. The van der Waals surface area contributed by atoms with E-state index in [1.54, 1.807) is 0 Å². The highest BCUT2D eigenvalue weighted by Crippen LogP contribution is 2.17. The van der Waals surface area contributed by atoms with E-state index in [4.69, 9.17) is 4.74 Å². The fraction of sp³-hybridized carbons (Fsp3) is 0.846. The first-order valence-corrected chi connectivity index (χ1v) is 6.25. The molecule has 0 spiro atoms. The van der Waals surface area contributed by atoms with Gasteiger partial charge in [0.2, 0.25) is 0 Å². The van der Waals surface area contributed by atoms with E-state index < -0.39 is 0 Å². The van der Waals surface area contributed by atoms with Gasteiger partial charge in [0.15, 0.2) is 0 Å². The van der Waals surface area contributed by atoms with Crippen molar-refractivity contribution in [3.8, 4) is 0 Å². The zero-order valence-corrected chi connectivity index (χ0v) is 9.56. The molecular weight excluding hydrogens is 172 g/mol. The van der Waals surface area contributed by atoms with Crippen LogP contribution in [-0.4, -0.2) is 6.61 Å². The Kier molecular flexibility index (Phi) is 6.55. The van der Waals surface area contributed by atoms with Gasteiger partial charge in [0.05, 0.1) is 12.4 Å². The van der Waals surface area contributed by atoms with Crippen molar-refractivity contribution in [2.45, 2.75) is 64.7 Å². The minimum absolute atomic E-state index is 0.825. The number of ether oxygens (including phenoxy) is 1. The van der Waals surface area contributed by atoms with Crippen LogP contribution in [0.4, 0.5) is 0 Å². The molecule has 0 fully saturated rings. The summed E-state index contributed by atoms with van der Waals surface area (Å²) in [5.41, 5.74) is 0. The Morgan fingerprint density at radius 1 is 1.00 bits per heavy atom. The lowest BCUT2D eigenvalue weighted by molar-refractivity contribution is 0.215. The van der Waals surface area contributed by atoms with Crippen molar-refractivity contribution in [3.05, 3.63) is 11.8 Å². The van der Waals surface area contributed by atoms with Crippen molar-refractivity contribution in [2.75, 3.05) is 6.61 Å². The van der Waals surface area contributed by atoms with E-state index in [0.29, 0.717) is 0 Å². The van der Waals surface area contributed by atoms with Crippen molar-refractivity contribution >= 4 is 0 Å². The molecule has 0 aliphatic heterocycles. The van der Waals surface area contributed by atoms with E-state index in [-0.39, 0.29) is 0 Å². The highest BCUT2D eigenvalue weighted by Gasteiger charge is 2.00. The van der Waals surface area contributed by atoms with Gasteiger partial charge in [-0.2, -0.15) is 0 Å². The van der Waals surface area contributed by atoms with Gasteiger partial charge in [-0.3, -0.25) is 0 Å². The Labute approximate surface area is 88.5 Å². The molecule has 0 N–H and O–H groups in total. The highest BCUT2D eigenvalue weighted by atomic mass is 16.5. The number of hydrogen-bond donors (Lipinski definition) is 0. The van der Waals surface area contributed by atoms with Crippen LogP contribution in [0.15, 0.2) is 11.8 Å². The normalized spacial score (nSPS) is 24.5. The number of hydrogen-bond acceptors (Lipinski definition) is 1. The van der Waals surface area contributed by atoms with E-state index in [1.165, 1.54) is 57.1 Å². The van der Waals surface area contributed by atoms with Crippen LogP contribution in [0.1, 0.15) is 64.7 Å². The Hall–Kier alpha value is -0.460. The average Bonchev–Trinajstić information content (AvgIpc) is 2.24. The zero-order valence-electron chi connectivity index (χ0n) is 9.56. The topological polar surface area (TPSA) is 9.23 Å². The summed E-state index contributed by atoms with van der Waals surface area (Å²) in [6, 6.07) is 0. The molecule has 0 saturated heterocycles. The van der Waals surface area contributed by atoms with Crippen LogP contribution in [0.2, 0.25) is 0 Å². The zero-order chi connectivity index (χ0) is 10.1. The molecule has 0 aromatic rings. The summed E-state index contributed by atoms with van der Waals surface area (Å²) in [5, 5.41) is 0. The van der Waals surface area contributed by atoms with E-state index >= 15 is 0 Å². The molecule has 1 heteroatoms. The third kappa shape index (κ3) is 5.31. The maximum absolute atomic E-state index is 5.62. The van der Waals surface area contributed by atoms with Crippen molar-refractivity contribution in [2.24, 2.45) is 0 Å². The van der Waals surface area contributed by atoms with Crippen LogP contribution in [0.3, 0.4) is 0 Å². The van der Waals surface area contributed by atoms with Crippen molar-refractivity contribution < 1.29 is 4.74 Å². The summed E-state index contributed by atoms with van der Waals surface area (Å²) in [5.74, 6) is 1.24. The van der Waals surface area contributed by atoms with Gasteiger partial charge in [-0.15, -0.1) is 0 Å². The van der Waals surface area contributed by atoms with Crippen molar-refractivity contribution in [3.63, 3.8) is 0 Å². The second-order valence-electron chi connectivity index (χ2n) is 4.12. The summed E-state index contributed by atoms with van der Waals surface area (Å²) in [6.07, 6.45) is 14.4. The molecular formula is C13H24O. The molecule has 0 atom stereocenters. The van der Waals surface area contributed by atoms with Crippen LogP contribution in [0.25, 0.3) is 0 Å². The molecule has 1 rings (SSSR count). The average molecular weight is 196 g/mol. The molecule has 0 aromatic heterocycles. The summed E-state index contributed by atoms with van der Waals surface area (Å²) >= 11 is 0. The van der Waals surface area contributed by atoms with E-state index in [2.05, 4.69) is 13.0 Å². The SMILES string of the molecule is CCO/C1=C/CCCCCCCCC1. The fourth-order valence-electron chi connectivity index (χ4n) is 2.01. The second-order valence-corrected chi connectivity index (χ2v) is 4.12. The monoisotopic (exact) mass is 196 g/mol. The molecule has 1 aliphatic carbocycles. The van der Waals surface area contributed by atoms with Gasteiger partial charge in [0.1, 0.15) is 0 Å². The largest absolute Gasteiger partial charge is 0.499 e. The van der Waals surface area contributed by atoms with Crippen LogP contribution < -0.4 is 0 Å². The van der Waals surface area contributed by atoms with Crippen LogP contribution >= 0.6 is 0 Å². The summed E-state index contributed by atoms with van der Waals surface area (Å²) < 4.78 is 5.62. The van der Waals surface area contributed by atoms with Crippen molar-refractivity contribution in [1.29, 1.82) is 0 Å². The van der Waals surface area contributed by atoms with Gasteiger partial charge >= 0.3 is 0 Å². The molecule has 1 aliphatic rings. The minimum Gasteiger partial charge on any atom is -0.499 e. The van der Waals surface area contributed by atoms with Crippen LogP contribution in [0.5, 0.6) is 0 Å². The van der Waals surface area contributed by atoms with E-state index in [0.717, 1.165) is 13.0 Å². The molecule has 0 aromatic carbocycles. The smallest absolute Gasteiger partial charge is 0.0919 e. The molecule has 14 heavy (non-hydrogen) atoms. The Balaban J connectivity index is 2.32. The first kappa shape index (κ1) is 11.6. The van der Waals surface area contributed by atoms with Crippen LogP contribution in [0, 0.1) is 0 Å². The maximum atomic E-state index is 5.62. The van der Waals surface area contributed by atoms with E-state index in [1.807, 2.05) is 0 Å². The van der Waals surface area contributed by atoms with E-state index in [9.17, 15) is 0 Å². The lowest BCUT2D eigenvalue weighted by Gasteiger charge is -2.07. The third-order valence-corrected chi connectivity index (χ3v) is 2.83. The highest BCUT2D eigenvalue weighted by molar-refractivity contribution is 4.93.